The normalized spacial score (nSPS) is 17.2. The maximum absolute atomic E-state index is 11.8. The number of fused-ring (bicyclic) bond motifs is 1. The average molecular weight is 333 g/mol. The summed E-state index contributed by atoms with van der Waals surface area (Å²) in [5, 5.41) is 15.7. The summed E-state index contributed by atoms with van der Waals surface area (Å²) in [5.74, 6) is 0.0970. The van der Waals surface area contributed by atoms with Crippen molar-refractivity contribution < 1.29 is 9.90 Å². The van der Waals surface area contributed by atoms with Gasteiger partial charge in [0.05, 0.1) is 5.60 Å². The molecule has 0 saturated carbocycles. The highest BCUT2D eigenvalue weighted by Gasteiger charge is 2.25. The van der Waals surface area contributed by atoms with E-state index >= 15 is 0 Å². The van der Waals surface area contributed by atoms with Crippen molar-refractivity contribution >= 4 is 6.03 Å². The Morgan fingerprint density at radius 1 is 1.29 bits per heavy atom. The van der Waals surface area contributed by atoms with Crippen LogP contribution in [0.2, 0.25) is 0 Å². The van der Waals surface area contributed by atoms with Gasteiger partial charge >= 0.3 is 6.03 Å². The monoisotopic (exact) mass is 333 g/mol. The van der Waals surface area contributed by atoms with E-state index in [1.165, 1.54) is 11.1 Å². The molecule has 0 saturated heterocycles. The highest BCUT2D eigenvalue weighted by atomic mass is 16.3. The van der Waals surface area contributed by atoms with E-state index in [1.807, 2.05) is 13.8 Å². The number of nitrogens with zero attached hydrogens (tertiary/aromatic N) is 1. The van der Waals surface area contributed by atoms with E-state index in [9.17, 15) is 9.90 Å². The molecule has 5 nitrogen and oxygen atoms in total. The van der Waals surface area contributed by atoms with Crippen molar-refractivity contribution in [3.05, 3.63) is 35.4 Å². The van der Waals surface area contributed by atoms with Gasteiger partial charge in [-0.3, -0.25) is 4.90 Å². The van der Waals surface area contributed by atoms with E-state index in [2.05, 4.69) is 39.8 Å². The first-order valence-electron chi connectivity index (χ1n) is 8.91. The minimum atomic E-state index is -0.876. The van der Waals surface area contributed by atoms with Crippen LogP contribution in [0.1, 0.15) is 38.3 Å². The van der Waals surface area contributed by atoms with Crippen LogP contribution < -0.4 is 10.6 Å². The van der Waals surface area contributed by atoms with Crippen LogP contribution in [0, 0.1) is 5.92 Å². The van der Waals surface area contributed by atoms with Crippen molar-refractivity contribution in [3.8, 4) is 0 Å². The van der Waals surface area contributed by atoms with Crippen molar-refractivity contribution in [2.75, 3.05) is 26.2 Å². The quantitative estimate of drug-likeness (QED) is 0.670. The van der Waals surface area contributed by atoms with Crippen molar-refractivity contribution in [1.29, 1.82) is 0 Å². The molecule has 0 spiro atoms. The molecule has 0 aliphatic carbocycles. The van der Waals surface area contributed by atoms with E-state index in [0.29, 0.717) is 6.54 Å². The predicted octanol–water partition coefficient (Wildman–Crippen LogP) is 2.14. The molecule has 0 fully saturated rings. The lowest BCUT2D eigenvalue weighted by Crippen LogP contribution is -2.47. The van der Waals surface area contributed by atoms with Gasteiger partial charge in [0.15, 0.2) is 0 Å². The zero-order valence-corrected chi connectivity index (χ0v) is 15.1. The number of benzene rings is 1. The molecule has 2 rings (SSSR count). The Kier molecular flexibility index (Phi) is 6.63. The Labute approximate surface area is 145 Å². The Morgan fingerprint density at radius 2 is 2.00 bits per heavy atom. The van der Waals surface area contributed by atoms with Crippen molar-refractivity contribution in [3.63, 3.8) is 0 Å². The van der Waals surface area contributed by atoms with Crippen LogP contribution in [0.5, 0.6) is 0 Å². The van der Waals surface area contributed by atoms with Gasteiger partial charge in [-0.2, -0.15) is 0 Å². The van der Waals surface area contributed by atoms with E-state index in [-0.39, 0.29) is 18.5 Å². The zero-order valence-electron chi connectivity index (χ0n) is 15.1. The second kappa shape index (κ2) is 8.49. The van der Waals surface area contributed by atoms with Gasteiger partial charge in [-0.05, 0) is 36.8 Å². The summed E-state index contributed by atoms with van der Waals surface area (Å²) >= 11 is 0. The number of carbonyl (C=O) groups excluding carboxylic acids is 1. The first-order chi connectivity index (χ1) is 11.4. The van der Waals surface area contributed by atoms with Gasteiger partial charge in [0, 0.05) is 32.7 Å². The van der Waals surface area contributed by atoms with Crippen LogP contribution in [-0.2, 0) is 13.0 Å². The molecule has 1 aromatic rings. The van der Waals surface area contributed by atoms with Gasteiger partial charge in [-0.25, -0.2) is 4.79 Å². The fourth-order valence-electron chi connectivity index (χ4n) is 2.78. The molecule has 2 amide bonds. The van der Waals surface area contributed by atoms with Crippen LogP contribution in [-0.4, -0.2) is 47.8 Å². The number of carbonyl (C=O) groups is 1. The number of hydrogen-bond acceptors (Lipinski definition) is 3. The number of amides is 2. The van der Waals surface area contributed by atoms with Crippen LogP contribution in [0.25, 0.3) is 0 Å². The molecular weight excluding hydrogens is 302 g/mol. The molecule has 1 unspecified atom stereocenters. The third kappa shape index (κ3) is 5.49. The maximum atomic E-state index is 11.8. The van der Waals surface area contributed by atoms with E-state index in [0.717, 1.165) is 32.5 Å². The van der Waals surface area contributed by atoms with Crippen molar-refractivity contribution in [2.45, 2.75) is 45.8 Å². The molecule has 0 bridgehead atoms. The van der Waals surface area contributed by atoms with E-state index in [1.54, 1.807) is 6.92 Å². The topological polar surface area (TPSA) is 64.6 Å². The fourth-order valence-corrected chi connectivity index (χ4v) is 2.78. The highest BCUT2D eigenvalue weighted by molar-refractivity contribution is 5.73. The highest BCUT2D eigenvalue weighted by Crippen LogP contribution is 2.18. The second-order valence-corrected chi connectivity index (χ2v) is 7.27. The predicted molar refractivity (Wildman–Crippen MR) is 96.9 cm³/mol. The smallest absolute Gasteiger partial charge is 0.314 e. The number of rotatable bonds is 7. The van der Waals surface area contributed by atoms with Crippen molar-refractivity contribution in [1.82, 2.24) is 15.5 Å². The molecule has 1 heterocycles. The summed E-state index contributed by atoms with van der Waals surface area (Å²) in [4.78, 5) is 14.2. The van der Waals surface area contributed by atoms with E-state index in [4.69, 9.17) is 0 Å². The Morgan fingerprint density at radius 3 is 2.71 bits per heavy atom. The Balaban J connectivity index is 1.61. The van der Waals surface area contributed by atoms with Gasteiger partial charge in [0.1, 0.15) is 0 Å². The lowest BCUT2D eigenvalue weighted by molar-refractivity contribution is 0.0166. The third-order valence-electron chi connectivity index (χ3n) is 5.00. The summed E-state index contributed by atoms with van der Waals surface area (Å²) in [6, 6.07) is 8.41. The number of hydrogen-bond donors (Lipinski definition) is 3. The van der Waals surface area contributed by atoms with Crippen LogP contribution in [0.15, 0.2) is 24.3 Å². The maximum Gasteiger partial charge on any atom is 0.314 e. The minimum absolute atomic E-state index is 0.0970. The average Bonchev–Trinajstić information content (AvgIpc) is 2.56. The number of urea groups is 1. The molecule has 1 aliphatic rings. The summed E-state index contributed by atoms with van der Waals surface area (Å²) in [7, 11) is 0. The first-order valence-corrected chi connectivity index (χ1v) is 8.91. The first kappa shape index (κ1) is 18.7. The molecule has 24 heavy (non-hydrogen) atoms. The van der Waals surface area contributed by atoms with Crippen LogP contribution in [0.3, 0.4) is 0 Å². The van der Waals surface area contributed by atoms with Gasteiger partial charge < -0.3 is 15.7 Å². The number of aliphatic hydroxyl groups is 1. The van der Waals surface area contributed by atoms with Gasteiger partial charge in [0.2, 0.25) is 0 Å². The minimum Gasteiger partial charge on any atom is -0.388 e. The number of nitrogens with one attached hydrogen (secondary N) is 2. The fraction of sp³-hybridized carbons (Fsp3) is 0.632. The SMILES string of the molecule is CC(C)C(C)(O)CNC(=O)NCCCN1CCc2ccccc2C1. The Hall–Kier alpha value is -1.59. The van der Waals surface area contributed by atoms with Gasteiger partial charge in [-0.1, -0.05) is 38.1 Å². The summed E-state index contributed by atoms with van der Waals surface area (Å²) in [6.45, 7) is 9.60. The van der Waals surface area contributed by atoms with Crippen LogP contribution >= 0.6 is 0 Å². The molecule has 1 aliphatic heterocycles. The molecule has 0 radical (unpaired) electrons. The Bertz CT molecular complexity index is 543. The van der Waals surface area contributed by atoms with Crippen LogP contribution in [0.4, 0.5) is 4.79 Å². The van der Waals surface area contributed by atoms with Crippen molar-refractivity contribution in [2.24, 2.45) is 5.92 Å². The molecule has 0 aromatic heterocycles. The standard InChI is InChI=1S/C19H31N3O2/c1-15(2)19(3,24)14-21-18(23)20-10-6-11-22-12-9-16-7-4-5-8-17(16)13-22/h4-5,7-8,15,24H,6,9-14H2,1-3H3,(H2,20,21,23). The largest absolute Gasteiger partial charge is 0.388 e. The third-order valence-corrected chi connectivity index (χ3v) is 5.00. The molecule has 3 N–H and O–H groups in total. The zero-order chi connectivity index (χ0) is 17.6. The van der Waals surface area contributed by atoms with Gasteiger partial charge in [-0.15, -0.1) is 0 Å². The summed E-state index contributed by atoms with van der Waals surface area (Å²) < 4.78 is 0. The lowest BCUT2D eigenvalue weighted by Gasteiger charge is -2.29. The second-order valence-electron chi connectivity index (χ2n) is 7.27. The molecule has 1 atom stereocenters. The molecule has 1 aromatic carbocycles. The summed E-state index contributed by atoms with van der Waals surface area (Å²) in [5.41, 5.74) is 2.01. The van der Waals surface area contributed by atoms with Gasteiger partial charge in [0.25, 0.3) is 0 Å². The van der Waals surface area contributed by atoms with E-state index < -0.39 is 5.60 Å². The molecule has 5 heteroatoms. The lowest BCUT2D eigenvalue weighted by atomic mass is 9.93. The molecular formula is C19H31N3O2. The summed E-state index contributed by atoms with van der Waals surface area (Å²) in [6.07, 6.45) is 2.03. The molecule has 134 valence electrons.